The number of hydrogen-bond acceptors (Lipinski definition) is 5. The van der Waals surface area contributed by atoms with E-state index in [4.69, 9.17) is 21.1 Å². The van der Waals surface area contributed by atoms with Crippen LogP contribution in [0.1, 0.15) is 63.9 Å². The molecule has 1 aromatic rings. The quantitative estimate of drug-likeness (QED) is 0.710. The van der Waals surface area contributed by atoms with Crippen LogP contribution in [0.5, 0.6) is 5.75 Å². The average molecular weight is 485 g/mol. The Balaban J connectivity index is 1.61. The minimum absolute atomic E-state index is 0.0923. The molecule has 1 amide bonds. The van der Waals surface area contributed by atoms with Crippen molar-refractivity contribution in [1.29, 1.82) is 0 Å². The highest BCUT2D eigenvalue weighted by atomic mass is 35.5. The Labute approximate surface area is 195 Å². The molecular weight excluding hydrogens is 452 g/mol. The van der Waals surface area contributed by atoms with Gasteiger partial charge in [-0.2, -0.15) is 0 Å². The van der Waals surface area contributed by atoms with Crippen molar-refractivity contribution in [2.45, 2.75) is 81.7 Å². The number of sulfonamides is 1. The van der Waals surface area contributed by atoms with Crippen LogP contribution in [0.3, 0.4) is 0 Å². The number of carbonyl (C=O) groups excluding carboxylic acids is 1. The normalized spacial score (nSPS) is 29.4. The summed E-state index contributed by atoms with van der Waals surface area (Å²) in [6.07, 6.45) is 5.28. The van der Waals surface area contributed by atoms with Crippen LogP contribution in [0, 0.1) is 0 Å². The zero-order valence-electron chi connectivity index (χ0n) is 18.8. The second-order valence-corrected chi connectivity index (χ2v) is 12.1. The number of hydrogen-bond donors (Lipinski definition) is 1. The standard InChI is InChI=1S/C23H33ClN2O5S/c1-15(2)32(28,29)25-20-4-3-11-26-21(20)13-30-18-8-5-16(6-9-18)19-12-17(24)7-10-22(19)31-14-23(26)27/h7,10,12,15-16,18,20-21,25H,3-6,8-9,11,13-14H2,1-2H3/t16?,18?,20?,21-/m0/s1. The molecule has 0 aromatic heterocycles. The van der Waals surface area contributed by atoms with Crippen LogP contribution in [0.2, 0.25) is 5.02 Å². The van der Waals surface area contributed by atoms with E-state index in [2.05, 4.69) is 4.72 Å². The Kier molecular flexibility index (Phi) is 7.34. The third kappa shape index (κ3) is 5.24. The van der Waals surface area contributed by atoms with Crippen LogP contribution in [0.25, 0.3) is 0 Å². The van der Waals surface area contributed by atoms with Crippen molar-refractivity contribution in [2.24, 2.45) is 0 Å². The number of halogens is 1. The van der Waals surface area contributed by atoms with E-state index < -0.39 is 15.3 Å². The molecule has 1 N–H and O–H groups in total. The molecule has 7 nitrogen and oxygen atoms in total. The van der Waals surface area contributed by atoms with Crippen molar-refractivity contribution in [3.63, 3.8) is 0 Å². The van der Waals surface area contributed by atoms with Crippen LogP contribution < -0.4 is 9.46 Å². The monoisotopic (exact) mass is 484 g/mol. The summed E-state index contributed by atoms with van der Waals surface area (Å²) in [6.45, 7) is 4.11. The number of ether oxygens (including phenoxy) is 2. The Morgan fingerprint density at radius 1 is 1.16 bits per heavy atom. The Bertz CT molecular complexity index is 930. The zero-order chi connectivity index (χ0) is 22.9. The van der Waals surface area contributed by atoms with Gasteiger partial charge in [-0.3, -0.25) is 4.79 Å². The molecule has 2 bridgehead atoms. The Hall–Kier alpha value is -1.35. The zero-order valence-corrected chi connectivity index (χ0v) is 20.3. The van der Waals surface area contributed by atoms with Gasteiger partial charge in [-0.05, 0) is 82.1 Å². The lowest BCUT2D eigenvalue weighted by atomic mass is 9.82. The molecule has 5 rings (SSSR count). The highest BCUT2D eigenvalue weighted by Gasteiger charge is 2.38. The maximum Gasteiger partial charge on any atom is 0.260 e. The fraction of sp³-hybridized carbons (Fsp3) is 0.696. The van der Waals surface area contributed by atoms with E-state index in [1.54, 1.807) is 24.8 Å². The molecule has 1 saturated carbocycles. The second kappa shape index (κ2) is 9.87. The number of carbonyl (C=O) groups is 1. The number of benzene rings is 1. The van der Waals surface area contributed by atoms with E-state index >= 15 is 0 Å². The van der Waals surface area contributed by atoms with E-state index in [-0.39, 0.29) is 30.7 Å². The first-order valence-corrected chi connectivity index (χ1v) is 13.5. The SMILES string of the molecule is CC(C)S(=O)(=O)NC1CCCN2C(=O)COc3ccc(Cl)cc3C3CCC(CC3)OC[C@@H]12. The topological polar surface area (TPSA) is 84.9 Å². The molecule has 1 saturated heterocycles. The lowest BCUT2D eigenvalue weighted by molar-refractivity contribution is -0.140. The van der Waals surface area contributed by atoms with E-state index in [0.29, 0.717) is 36.3 Å². The number of nitrogens with one attached hydrogen (secondary N) is 1. The maximum absolute atomic E-state index is 13.2. The molecule has 2 fully saturated rings. The number of amides is 1. The van der Waals surface area contributed by atoms with Crippen molar-refractivity contribution in [1.82, 2.24) is 9.62 Å². The highest BCUT2D eigenvalue weighted by molar-refractivity contribution is 7.90. The summed E-state index contributed by atoms with van der Waals surface area (Å²) in [5.74, 6) is 0.879. The number of piperidine rings is 1. The lowest BCUT2D eigenvalue weighted by Gasteiger charge is -2.42. The van der Waals surface area contributed by atoms with Crippen molar-refractivity contribution < 1.29 is 22.7 Å². The molecule has 1 aliphatic carbocycles. The van der Waals surface area contributed by atoms with Gasteiger partial charge in [-0.25, -0.2) is 13.1 Å². The molecule has 1 unspecified atom stereocenters. The van der Waals surface area contributed by atoms with E-state index in [9.17, 15) is 13.2 Å². The largest absolute Gasteiger partial charge is 0.483 e. The summed E-state index contributed by atoms with van der Waals surface area (Å²) in [6, 6.07) is 4.87. The van der Waals surface area contributed by atoms with Crippen LogP contribution in [0.15, 0.2) is 18.2 Å². The van der Waals surface area contributed by atoms with Crippen molar-refractivity contribution in [2.75, 3.05) is 19.8 Å². The average Bonchev–Trinajstić information content (AvgIpc) is 2.78. The molecule has 9 heteroatoms. The third-order valence-corrected chi connectivity index (χ3v) is 9.08. The van der Waals surface area contributed by atoms with Gasteiger partial charge in [0.15, 0.2) is 6.61 Å². The van der Waals surface area contributed by atoms with Crippen LogP contribution >= 0.6 is 11.6 Å². The predicted molar refractivity (Wildman–Crippen MR) is 124 cm³/mol. The maximum atomic E-state index is 13.2. The van der Waals surface area contributed by atoms with Crippen molar-refractivity contribution in [3.05, 3.63) is 28.8 Å². The van der Waals surface area contributed by atoms with E-state index in [0.717, 1.165) is 37.7 Å². The first-order valence-electron chi connectivity index (χ1n) is 11.6. The highest BCUT2D eigenvalue weighted by Crippen LogP contribution is 2.40. The summed E-state index contributed by atoms with van der Waals surface area (Å²) in [4.78, 5) is 14.9. The summed E-state index contributed by atoms with van der Waals surface area (Å²) in [5.41, 5.74) is 1.06. The van der Waals surface area contributed by atoms with Gasteiger partial charge in [0.1, 0.15) is 5.75 Å². The fourth-order valence-electron chi connectivity index (χ4n) is 5.02. The summed E-state index contributed by atoms with van der Waals surface area (Å²) < 4.78 is 40.3. The lowest BCUT2D eigenvalue weighted by Crippen LogP contribution is -2.60. The number of nitrogens with zero attached hydrogens (tertiary/aromatic N) is 1. The molecule has 2 atom stereocenters. The van der Waals surface area contributed by atoms with Gasteiger partial charge >= 0.3 is 0 Å². The second-order valence-electron chi connectivity index (χ2n) is 9.39. The molecule has 178 valence electrons. The molecule has 4 aliphatic rings. The van der Waals surface area contributed by atoms with Crippen LogP contribution in [-0.4, -0.2) is 62.4 Å². The minimum atomic E-state index is -3.46. The number of rotatable bonds is 3. The molecule has 3 aliphatic heterocycles. The molecular formula is C23H33ClN2O5S. The van der Waals surface area contributed by atoms with Crippen molar-refractivity contribution >= 4 is 27.5 Å². The predicted octanol–water partition coefficient (Wildman–Crippen LogP) is 3.46. The van der Waals surface area contributed by atoms with Gasteiger partial charge < -0.3 is 14.4 Å². The van der Waals surface area contributed by atoms with Crippen LogP contribution in [0.4, 0.5) is 0 Å². The van der Waals surface area contributed by atoms with E-state index in [1.165, 1.54) is 0 Å². The van der Waals surface area contributed by atoms with Crippen LogP contribution in [-0.2, 0) is 19.6 Å². The van der Waals surface area contributed by atoms with Gasteiger partial charge in [0, 0.05) is 17.6 Å². The molecule has 0 spiro atoms. The van der Waals surface area contributed by atoms with Crippen molar-refractivity contribution in [3.8, 4) is 5.75 Å². The summed E-state index contributed by atoms with van der Waals surface area (Å²) in [7, 11) is -3.46. The van der Waals surface area contributed by atoms with Gasteiger partial charge in [0.05, 0.1) is 24.0 Å². The first kappa shape index (κ1) is 23.8. The Morgan fingerprint density at radius 2 is 1.91 bits per heavy atom. The summed E-state index contributed by atoms with van der Waals surface area (Å²) in [5, 5.41) is 0.129. The molecule has 1 aromatic carbocycles. The fourth-order valence-corrected chi connectivity index (χ4v) is 6.17. The van der Waals surface area contributed by atoms with Gasteiger partial charge in [0.25, 0.3) is 5.91 Å². The Morgan fingerprint density at radius 3 is 2.62 bits per heavy atom. The van der Waals surface area contributed by atoms with Gasteiger partial charge in [-0.1, -0.05) is 11.6 Å². The third-order valence-electron chi connectivity index (χ3n) is 6.98. The number of fused-ring (bicyclic) bond motifs is 5. The van der Waals surface area contributed by atoms with E-state index in [1.807, 2.05) is 12.1 Å². The minimum Gasteiger partial charge on any atom is -0.483 e. The van der Waals surface area contributed by atoms with Gasteiger partial charge in [0.2, 0.25) is 10.0 Å². The molecule has 32 heavy (non-hydrogen) atoms. The molecule has 3 heterocycles. The smallest absolute Gasteiger partial charge is 0.260 e. The van der Waals surface area contributed by atoms with Gasteiger partial charge in [-0.15, -0.1) is 0 Å². The molecule has 0 radical (unpaired) electrons. The summed E-state index contributed by atoms with van der Waals surface area (Å²) >= 11 is 6.26. The first-order chi connectivity index (χ1) is 15.2.